The molecule has 0 radical (unpaired) electrons. The van der Waals surface area contributed by atoms with Crippen molar-refractivity contribution in [1.29, 1.82) is 0 Å². The fraction of sp³-hybridized carbons (Fsp3) is 0.133. The van der Waals surface area contributed by atoms with E-state index in [1.54, 1.807) is 0 Å². The number of rotatable bonds is 25. The van der Waals surface area contributed by atoms with Crippen LogP contribution in [-0.2, 0) is 60.7 Å². The van der Waals surface area contributed by atoms with Gasteiger partial charge in [0, 0.05) is 52.5 Å². The lowest BCUT2D eigenvalue weighted by atomic mass is 10.0. The van der Waals surface area contributed by atoms with Crippen molar-refractivity contribution in [3.05, 3.63) is 127 Å². The highest BCUT2D eigenvalue weighted by atomic mass is 32.2. The maximum atomic E-state index is 13.2. The topological polar surface area (TPSA) is 604 Å². The zero-order valence-corrected chi connectivity index (χ0v) is 57.3. The first-order valence-electron chi connectivity index (χ1n) is 29.1. The maximum absolute atomic E-state index is 13.2. The number of fused-ring (bicyclic) bond motifs is 4. The molecule has 0 unspecified atom stereocenters. The van der Waals surface area contributed by atoms with Crippen LogP contribution in [0.1, 0.15) is 18.9 Å². The molecule has 0 bridgehead atoms. The molecule has 0 fully saturated rings. The molecule has 0 aromatic heterocycles. The second-order valence-corrected chi connectivity index (χ2v) is 30.3. The molecule has 14 N–H and O–H groups in total. The molecule has 43 heteroatoms. The molecule has 103 heavy (non-hydrogen) atoms. The average Bonchev–Trinajstić information content (AvgIpc) is 0.777. The molecule has 37 nitrogen and oxygen atoms in total. The van der Waals surface area contributed by atoms with Crippen LogP contribution in [0.5, 0.6) is 28.7 Å². The first-order valence-corrected chi connectivity index (χ1v) is 37.7. The van der Waals surface area contributed by atoms with E-state index in [4.69, 9.17) is 4.74 Å². The SMILES string of the molecule is CCCNc1ccc(S(=O)(=O)O)c(/N=N\c2c(S(=O)(=O)O)cc3cc(/N=N/c4c(S(=O)(=O)O)cc5c(N=Nc6ccc7c(O)c(N=Nc8cc(C)c(/N=N\c9cc(S(=O)(=O)O)cc%10cc(S(=O)(=O)O)cc(O)c9%10)cc8OCCO)c(S(=O)(=O)O)cc7c6)c(NCCO)ccc5c4O)ccc3c2O)c1. The zero-order valence-electron chi connectivity index (χ0n) is 52.4. The molecule has 0 atom stereocenters. The molecular formula is C60H52N12O25S6. The second kappa shape index (κ2) is 28.9. The van der Waals surface area contributed by atoms with E-state index in [2.05, 4.69) is 61.8 Å². The van der Waals surface area contributed by atoms with Crippen LogP contribution in [0.2, 0.25) is 0 Å². The van der Waals surface area contributed by atoms with Crippen LogP contribution < -0.4 is 15.4 Å². The predicted octanol–water partition coefficient (Wildman–Crippen LogP) is 12.6. The minimum absolute atomic E-state index is 0.0341. The number of hydrogen-bond donors (Lipinski definition) is 14. The summed E-state index contributed by atoms with van der Waals surface area (Å²) in [5.41, 5.74) is -3.88. The minimum atomic E-state index is -5.40. The van der Waals surface area contributed by atoms with Crippen LogP contribution in [0, 0.1) is 6.92 Å². The Morgan fingerprint density at radius 2 is 0.874 bits per heavy atom. The maximum Gasteiger partial charge on any atom is 0.296 e. The molecule has 538 valence electrons. The van der Waals surface area contributed by atoms with Gasteiger partial charge in [0.1, 0.15) is 71.8 Å². The molecule has 0 spiro atoms. The Morgan fingerprint density at radius 3 is 1.40 bits per heavy atom. The molecule has 0 amide bonds. The zero-order chi connectivity index (χ0) is 75.1. The Hall–Kier alpha value is -10.8. The monoisotopic (exact) mass is 1530 g/mol. The summed E-state index contributed by atoms with van der Waals surface area (Å²) < 4.78 is 217. The molecule has 0 saturated heterocycles. The van der Waals surface area contributed by atoms with Crippen molar-refractivity contribution >= 4 is 172 Å². The van der Waals surface area contributed by atoms with E-state index in [1.807, 2.05) is 6.92 Å². The number of aromatic hydroxyl groups is 4. The Labute approximate surface area is 581 Å². The molecule has 0 aliphatic rings. The second-order valence-electron chi connectivity index (χ2n) is 21.9. The van der Waals surface area contributed by atoms with Crippen molar-refractivity contribution < 1.29 is 113 Å². The largest absolute Gasteiger partial charge is 0.507 e. The van der Waals surface area contributed by atoms with E-state index in [0.29, 0.717) is 24.7 Å². The third-order valence-electron chi connectivity index (χ3n) is 14.8. The highest BCUT2D eigenvalue weighted by Crippen LogP contribution is 2.50. The number of nitrogens with zero attached hydrogens (tertiary/aromatic N) is 10. The van der Waals surface area contributed by atoms with Gasteiger partial charge in [-0.1, -0.05) is 6.92 Å². The summed E-state index contributed by atoms with van der Waals surface area (Å²) in [6.07, 6.45) is 0.650. The predicted molar refractivity (Wildman–Crippen MR) is 367 cm³/mol. The van der Waals surface area contributed by atoms with Crippen molar-refractivity contribution in [1.82, 2.24) is 0 Å². The molecule has 0 saturated carbocycles. The Bertz CT molecular complexity index is 6100. The van der Waals surface area contributed by atoms with Crippen LogP contribution in [0.15, 0.2) is 202 Å². The smallest absolute Gasteiger partial charge is 0.296 e. The summed E-state index contributed by atoms with van der Waals surface area (Å²) in [5, 5.41) is 109. The van der Waals surface area contributed by atoms with Crippen LogP contribution >= 0.6 is 0 Å². The van der Waals surface area contributed by atoms with Gasteiger partial charge >= 0.3 is 0 Å². The van der Waals surface area contributed by atoms with Crippen molar-refractivity contribution in [2.75, 3.05) is 43.5 Å². The first kappa shape index (κ1) is 74.9. The van der Waals surface area contributed by atoms with Crippen LogP contribution in [0.4, 0.5) is 68.2 Å². The molecule has 10 aromatic carbocycles. The van der Waals surface area contributed by atoms with Gasteiger partial charge in [-0.25, -0.2) is 0 Å². The summed E-state index contributed by atoms with van der Waals surface area (Å²) in [6.45, 7) is 2.12. The van der Waals surface area contributed by atoms with Gasteiger partial charge in [-0.05, 0) is 144 Å². The molecule has 0 heterocycles. The number of nitrogens with one attached hydrogen (secondary N) is 2. The molecule has 10 rings (SSSR count). The van der Waals surface area contributed by atoms with Crippen LogP contribution in [0.25, 0.3) is 43.1 Å². The number of anilines is 2. The molecule has 0 aliphatic carbocycles. The van der Waals surface area contributed by atoms with Crippen molar-refractivity contribution in [2.45, 2.75) is 49.6 Å². The fourth-order valence-electron chi connectivity index (χ4n) is 10.2. The van der Waals surface area contributed by atoms with Gasteiger partial charge < -0.3 is 46.0 Å². The minimum Gasteiger partial charge on any atom is -0.507 e. The highest BCUT2D eigenvalue weighted by Gasteiger charge is 2.29. The van der Waals surface area contributed by atoms with Gasteiger partial charge in [-0.2, -0.15) is 65.8 Å². The Balaban J connectivity index is 0.991. The van der Waals surface area contributed by atoms with E-state index in [-0.39, 0.29) is 95.1 Å². The summed E-state index contributed by atoms with van der Waals surface area (Å²) in [4.78, 5) is -5.55. The molecular weight excluding hydrogens is 1480 g/mol. The van der Waals surface area contributed by atoms with E-state index >= 15 is 0 Å². The fourth-order valence-corrected chi connectivity index (χ4v) is 13.8. The van der Waals surface area contributed by atoms with E-state index in [1.165, 1.54) is 67.6 Å². The first-order chi connectivity index (χ1) is 48.3. The van der Waals surface area contributed by atoms with Gasteiger partial charge in [0.2, 0.25) is 0 Å². The van der Waals surface area contributed by atoms with Gasteiger partial charge in [0.25, 0.3) is 60.7 Å². The number of benzene rings is 10. The van der Waals surface area contributed by atoms with Gasteiger partial charge in [-0.15, -0.1) is 35.8 Å². The Morgan fingerprint density at radius 1 is 0.388 bits per heavy atom. The lowest BCUT2D eigenvalue weighted by molar-refractivity contribution is 0.202. The van der Waals surface area contributed by atoms with Crippen LogP contribution in [-0.4, -0.2) is 141 Å². The number of aliphatic hydroxyl groups excluding tert-OH is 2. The number of aryl methyl sites for hydroxylation is 1. The standard InChI is InChI=1S/C60H52N12O25S6/c1-3-12-61-33-6-11-49(100(85,86)87)45(24-33)67-72-56-51(102(91,92)93)23-31-19-35(5-8-39(31)59(56)77)64-70-57-52(103(94,95)96)27-41-40(60(57)78)9-10-42(62-13-14-73)54(41)69-63-34-4-7-38-30(18-34)22-50(101(88,89)90)55(58(38)76)71-66-44-17-29(2)43(28-48(44)97-16-15-74)65-68-46-25-36(98(79,80)81)20-32-21-37(99(82,83)84)26-47(75)53(32)46/h4-11,17-28,61-62,73-78H,3,12-16H2,1-2H3,(H,79,80,81)(H,82,83,84)(H,85,86,87)(H,88,89,90)(H,91,92,93)(H,94,95,96)/b68-65-,69-63?,70-64+,71-66?,72-67-. The quantitative estimate of drug-likeness (QED) is 0.0187. The van der Waals surface area contributed by atoms with E-state index in [0.717, 1.165) is 54.6 Å². The van der Waals surface area contributed by atoms with Crippen LogP contribution in [0.3, 0.4) is 0 Å². The summed E-state index contributed by atoms with van der Waals surface area (Å²) >= 11 is 0. The van der Waals surface area contributed by atoms with Crippen molar-refractivity contribution in [2.24, 2.45) is 51.1 Å². The summed E-state index contributed by atoms with van der Waals surface area (Å²) in [7, 11) is -30.9. The lowest BCUT2D eigenvalue weighted by Gasteiger charge is -2.14. The molecule has 10 aromatic rings. The third-order valence-corrected chi connectivity index (χ3v) is 20.0. The number of aliphatic hydroxyl groups is 2. The normalized spacial score (nSPS) is 13.0. The van der Waals surface area contributed by atoms with Crippen molar-refractivity contribution in [3.63, 3.8) is 0 Å². The van der Waals surface area contributed by atoms with Gasteiger partial charge in [0.15, 0.2) is 17.2 Å². The third kappa shape index (κ3) is 16.4. The van der Waals surface area contributed by atoms with Gasteiger partial charge in [0.05, 0.1) is 56.8 Å². The average molecular weight is 1530 g/mol. The van der Waals surface area contributed by atoms with Gasteiger partial charge in [-0.3, -0.25) is 27.3 Å². The van der Waals surface area contributed by atoms with E-state index in [9.17, 15) is 108 Å². The Kier molecular flexibility index (Phi) is 21.0. The number of ether oxygens (including phenoxy) is 1. The van der Waals surface area contributed by atoms with Crippen molar-refractivity contribution in [3.8, 4) is 28.7 Å². The number of azo groups is 5. The molecule has 0 aliphatic heterocycles. The lowest BCUT2D eigenvalue weighted by Crippen LogP contribution is -2.05. The summed E-state index contributed by atoms with van der Waals surface area (Å²) in [5.74, 6) is -3.77. The summed E-state index contributed by atoms with van der Waals surface area (Å²) in [6, 6.07) is 21.1. The van der Waals surface area contributed by atoms with E-state index < -0.39 is 161 Å². The highest BCUT2D eigenvalue weighted by molar-refractivity contribution is 7.87. The number of phenols is 4. The number of hydrogen-bond acceptors (Lipinski definition) is 31. The number of phenolic OH excluding ortho intramolecular Hbond substituents is 4.